The van der Waals surface area contributed by atoms with Crippen molar-refractivity contribution in [1.82, 2.24) is 24.8 Å². The zero-order chi connectivity index (χ0) is 29.2. The number of aromatic nitrogens is 4. The van der Waals surface area contributed by atoms with Crippen LogP contribution in [0.3, 0.4) is 0 Å². The zero-order valence-electron chi connectivity index (χ0n) is 22.3. The molecular weight excluding hydrogens is 551 g/mol. The fourth-order valence-corrected chi connectivity index (χ4v) is 5.04. The van der Waals surface area contributed by atoms with E-state index >= 15 is 0 Å². The summed E-state index contributed by atoms with van der Waals surface area (Å²) in [6.45, 7) is 2.26. The number of imidazole rings is 1. The monoisotopic (exact) mass is 578 g/mol. The predicted octanol–water partition coefficient (Wildman–Crippen LogP) is 3.19. The number of carbonyl (C=O) groups is 2. The number of halogens is 1. The number of urea groups is 1. The SMILES string of the molecule is CCNC(=O)Nc1ncnc2c1ncn2C1OC(COc2ccccc2CC(=O)O)C2O[C@H](c3ccc(F)cc3)OC21. The van der Waals surface area contributed by atoms with Crippen molar-refractivity contribution in [1.29, 1.82) is 0 Å². The second kappa shape index (κ2) is 11.7. The average Bonchev–Trinajstić information content (AvgIpc) is 3.68. The van der Waals surface area contributed by atoms with Crippen molar-refractivity contribution in [2.75, 3.05) is 18.5 Å². The second-order valence-electron chi connectivity index (χ2n) is 9.67. The van der Waals surface area contributed by atoms with Crippen LogP contribution >= 0.6 is 0 Å². The van der Waals surface area contributed by atoms with Crippen LogP contribution in [0.4, 0.5) is 15.0 Å². The Hall–Kier alpha value is -4.66. The number of nitrogens with zero attached hydrogens (tertiary/aromatic N) is 4. The van der Waals surface area contributed by atoms with Crippen molar-refractivity contribution in [3.63, 3.8) is 0 Å². The summed E-state index contributed by atoms with van der Waals surface area (Å²) >= 11 is 0. The lowest BCUT2D eigenvalue weighted by molar-refractivity contribution is -0.152. The molecule has 3 N–H and O–H groups in total. The number of hydrogen-bond acceptors (Lipinski definition) is 9. The highest BCUT2D eigenvalue weighted by Crippen LogP contribution is 2.45. The van der Waals surface area contributed by atoms with E-state index in [1.54, 1.807) is 47.9 Å². The molecule has 2 aromatic heterocycles. The Morgan fingerprint density at radius 3 is 2.62 bits per heavy atom. The lowest BCUT2D eigenvalue weighted by Crippen LogP contribution is -2.32. The van der Waals surface area contributed by atoms with Crippen LogP contribution in [0.5, 0.6) is 5.75 Å². The lowest BCUT2D eigenvalue weighted by atomic mass is 10.1. The van der Waals surface area contributed by atoms with Gasteiger partial charge in [-0.3, -0.25) is 14.7 Å². The van der Waals surface area contributed by atoms with Crippen molar-refractivity contribution in [3.05, 3.63) is 78.1 Å². The molecule has 218 valence electrons. The van der Waals surface area contributed by atoms with E-state index in [1.165, 1.54) is 24.8 Å². The standard InChI is InChI=1S/C28H27FN6O7/c1-2-30-28(38)34-24-21-25(32-13-31-24)35(14-33-21)26-23-22(41-27(42-23)15-7-9-17(29)10-8-15)19(40-26)12-39-18-6-4-3-5-16(18)11-20(36)37/h3-10,13-14,19,22-23,26-27H,2,11-12H2,1H3,(H,36,37)(H2,30,31,32,34,38)/t19?,22?,23?,26?,27-/m0/s1. The highest BCUT2D eigenvalue weighted by Gasteiger charge is 2.54. The van der Waals surface area contributed by atoms with Gasteiger partial charge < -0.3 is 29.4 Å². The molecule has 2 saturated heterocycles. The first kappa shape index (κ1) is 27.5. The van der Waals surface area contributed by atoms with E-state index in [-0.39, 0.29) is 24.7 Å². The number of carboxylic acid groups (broad SMARTS) is 1. The van der Waals surface area contributed by atoms with Gasteiger partial charge in [0.2, 0.25) is 0 Å². The van der Waals surface area contributed by atoms with Crippen LogP contribution in [-0.4, -0.2) is 68.1 Å². The molecule has 42 heavy (non-hydrogen) atoms. The van der Waals surface area contributed by atoms with Gasteiger partial charge in [0.25, 0.3) is 0 Å². The van der Waals surface area contributed by atoms with Crippen LogP contribution < -0.4 is 15.4 Å². The van der Waals surface area contributed by atoms with Gasteiger partial charge in [-0.1, -0.05) is 30.3 Å². The van der Waals surface area contributed by atoms with E-state index in [1.807, 2.05) is 0 Å². The average molecular weight is 579 g/mol. The van der Waals surface area contributed by atoms with E-state index in [9.17, 15) is 19.1 Å². The van der Waals surface area contributed by atoms with Crippen LogP contribution in [0, 0.1) is 5.82 Å². The van der Waals surface area contributed by atoms with E-state index in [2.05, 4.69) is 25.6 Å². The minimum Gasteiger partial charge on any atom is -0.490 e. The Kier molecular flexibility index (Phi) is 7.65. The first-order valence-corrected chi connectivity index (χ1v) is 13.3. The van der Waals surface area contributed by atoms with Crippen molar-refractivity contribution >= 4 is 29.0 Å². The quantitative estimate of drug-likeness (QED) is 0.269. The molecule has 2 aliphatic heterocycles. The maximum Gasteiger partial charge on any atom is 0.320 e. The Labute approximate surface area is 238 Å². The van der Waals surface area contributed by atoms with E-state index < -0.39 is 42.8 Å². The predicted molar refractivity (Wildman–Crippen MR) is 144 cm³/mol. The van der Waals surface area contributed by atoms with Gasteiger partial charge in [-0.05, 0) is 25.1 Å². The van der Waals surface area contributed by atoms with Crippen molar-refractivity contribution in [2.24, 2.45) is 0 Å². The Morgan fingerprint density at radius 1 is 1.05 bits per heavy atom. The third kappa shape index (κ3) is 5.46. The van der Waals surface area contributed by atoms with Crippen LogP contribution in [0.25, 0.3) is 11.2 Å². The van der Waals surface area contributed by atoms with E-state index in [4.69, 9.17) is 18.9 Å². The van der Waals surface area contributed by atoms with Crippen LogP contribution in [-0.2, 0) is 25.4 Å². The molecule has 0 radical (unpaired) electrons. The van der Waals surface area contributed by atoms with Crippen molar-refractivity contribution < 1.29 is 38.0 Å². The first-order chi connectivity index (χ1) is 20.4. The molecule has 4 heterocycles. The maximum absolute atomic E-state index is 13.6. The number of ether oxygens (including phenoxy) is 4. The largest absolute Gasteiger partial charge is 0.490 e. The van der Waals surface area contributed by atoms with Gasteiger partial charge in [0, 0.05) is 17.7 Å². The molecule has 4 unspecified atom stereocenters. The number of benzene rings is 2. The highest BCUT2D eigenvalue weighted by molar-refractivity contribution is 5.95. The summed E-state index contributed by atoms with van der Waals surface area (Å²) in [6.07, 6.45) is -0.829. The molecule has 0 aliphatic carbocycles. The number of carbonyl (C=O) groups excluding carboxylic acids is 1. The molecule has 2 amide bonds. The summed E-state index contributed by atoms with van der Waals surface area (Å²) in [5.41, 5.74) is 1.89. The smallest absolute Gasteiger partial charge is 0.320 e. The normalized spacial score (nSPS) is 23.0. The summed E-state index contributed by atoms with van der Waals surface area (Å²) < 4.78 is 40.3. The Balaban J connectivity index is 1.29. The van der Waals surface area contributed by atoms with Gasteiger partial charge in [-0.25, -0.2) is 24.1 Å². The number of carboxylic acids is 1. The molecule has 0 bridgehead atoms. The number of rotatable bonds is 9. The Bertz CT molecular complexity index is 1600. The molecule has 13 nitrogen and oxygen atoms in total. The molecule has 14 heteroatoms. The molecule has 6 rings (SSSR count). The van der Waals surface area contributed by atoms with E-state index in [0.29, 0.717) is 34.6 Å². The number of para-hydroxylation sites is 1. The van der Waals surface area contributed by atoms with Gasteiger partial charge in [0.15, 0.2) is 29.5 Å². The molecule has 5 atom stereocenters. The molecule has 2 aromatic carbocycles. The maximum atomic E-state index is 13.6. The van der Waals surface area contributed by atoms with Gasteiger partial charge >= 0.3 is 12.0 Å². The fraction of sp³-hybridized carbons (Fsp3) is 0.321. The summed E-state index contributed by atoms with van der Waals surface area (Å²) in [7, 11) is 0. The molecule has 2 aliphatic rings. The minimum absolute atomic E-state index is 0.0272. The highest BCUT2D eigenvalue weighted by atomic mass is 19.1. The van der Waals surface area contributed by atoms with Gasteiger partial charge in [-0.15, -0.1) is 0 Å². The fourth-order valence-electron chi connectivity index (χ4n) is 5.04. The van der Waals surface area contributed by atoms with Gasteiger partial charge in [0.05, 0.1) is 12.7 Å². The Morgan fingerprint density at radius 2 is 1.83 bits per heavy atom. The molecule has 0 spiro atoms. The number of hydrogen-bond donors (Lipinski definition) is 3. The third-order valence-electron chi connectivity index (χ3n) is 6.91. The number of aliphatic carboxylic acids is 1. The summed E-state index contributed by atoms with van der Waals surface area (Å²) in [4.78, 5) is 36.4. The summed E-state index contributed by atoms with van der Waals surface area (Å²) in [5, 5.41) is 14.6. The van der Waals surface area contributed by atoms with Crippen molar-refractivity contribution in [2.45, 2.75) is 44.2 Å². The van der Waals surface area contributed by atoms with Gasteiger partial charge in [0.1, 0.15) is 42.8 Å². The molecule has 2 fully saturated rings. The second-order valence-corrected chi connectivity index (χ2v) is 9.67. The van der Waals surface area contributed by atoms with Crippen LogP contribution in [0.2, 0.25) is 0 Å². The minimum atomic E-state index is -0.979. The lowest BCUT2D eigenvalue weighted by Gasteiger charge is -2.22. The topological polar surface area (TPSA) is 159 Å². The van der Waals surface area contributed by atoms with E-state index in [0.717, 1.165) is 0 Å². The molecular formula is C28H27FN6O7. The third-order valence-corrected chi connectivity index (χ3v) is 6.91. The number of fused-ring (bicyclic) bond motifs is 2. The van der Waals surface area contributed by atoms with Crippen LogP contribution in [0.15, 0.2) is 61.2 Å². The van der Waals surface area contributed by atoms with Crippen molar-refractivity contribution in [3.8, 4) is 5.75 Å². The summed E-state index contributed by atoms with van der Waals surface area (Å²) in [6, 6.07) is 12.3. The number of anilines is 1. The summed E-state index contributed by atoms with van der Waals surface area (Å²) in [5.74, 6) is -0.722. The zero-order valence-corrected chi connectivity index (χ0v) is 22.3. The number of amides is 2. The molecule has 0 saturated carbocycles. The van der Waals surface area contributed by atoms with Crippen LogP contribution in [0.1, 0.15) is 30.6 Å². The first-order valence-electron chi connectivity index (χ1n) is 13.3. The van der Waals surface area contributed by atoms with Gasteiger partial charge in [-0.2, -0.15) is 0 Å². The number of nitrogens with one attached hydrogen (secondary N) is 2. The molecule has 4 aromatic rings.